The van der Waals surface area contributed by atoms with E-state index in [1.807, 2.05) is 13.8 Å². The van der Waals surface area contributed by atoms with E-state index in [2.05, 4.69) is 33.0 Å². The van der Waals surface area contributed by atoms with Crippen molar-refractivity contribution in [1.82, 2.24) is 9.78 Å². The van der Waals surface area contributed by atoms with Crippen LogP contribution in [-0.4, -0.2) is 15.7 Å². The molecule has 0 saturated heterocycles. The van der Waals surface area contributed by atoms with Crippen LogP contribution in [0.15, 0.2) is 24.4 Å². The van der Waals surface area contributed by atoms with Crippen molar-refractivity contribution in [3.63, 3.8) is 0 Å². The van der Waals surface area contributed by atoms with E-state index >= 15 is 0 Å². The third-order valence-electron chi connectivity index (χ3n) is 2.99. The summed E-state index contributed by atoms with van der Waals surface area (Å²) in [4.78, 5) is 11.8. The van der Waals surface area contributed by atoms with Crippen molar-refractivity contribution in [3.8, 4) is 0 Å². The number of carbonyl (C=O) groups excluding carboxylic acids is 1. The van der Waals surface area contributed by atoms with Crippen LogP contribution in [0.1, 0.15) is 17.7 Å². The predicted octanol–water partition coefficient (Wildman–Crippen LogP) is 3.27. The average Bonchev–Trinajstić information content (AvgIpc) is 2.72. The van der Waals surface area contributed by atoms with Gasteiger partial charge in [-0.15, -0.1) is 0 Å². The highest BCUT2D eigenvalue weighted by Gasteiger charge is 2.09. The molecule has 1 heterocycles. The van der Waals surface area contributed by atoms with Crippen molar-refractivity contribution in [3.05, 3.63) is 45.0 Å². The monoisotopic (exact) mass is 387 g/mol. The smallest absolute Gasteiger partial charge is 0.226 e. The zero-order valence-electron chi connectivity index (χ0n) is 11.3. The standard InChI is InChI=1S/C14H15FIN3O/c1-9-3-4-11(15)13(7-9)18-14(20)5-6-19-10(2)12(16)8-17-19/h3-4,7-8H,5-6H2,1-2H3,(H,18,20). The molecule has 0 saturated carbocycles. The van der Waals surface area contributed by atoms with Crippen LogP contribution in [0.3, 0.4) is 0 Å². The van der Waals surface area contributed by atoms with Gasteiger partial charge < -0.3 is 5.32 Å². The summed E-state index contributed by atoms with van der Waals surface area (Å²) >= 11 is 2.20. The molecule has 0 aliphatic carbocycles. The molecule has 1 aromatic heterocycles. The molecule has 2 rings (SSSR count). The average molecular weight is 387 g/mol. The van der Waals surface area contributed by atoms with E-state index in [0.717, 1.165) is 14.8 Å². The fourth-order valence-corrected chi connectivity index (χ4v) is 2.21. The Hall–Kier alpha value is -1.44. The summed E-state index contributed by atoms with van der Waals surface area (Å²) in [7, 11) is 0. The summed E-state index contributed by atoms with van der Waals surface area (Å²) in [5, 5.41) is 6.77. The van der Waals surface area contributed by atoms with Crippen molar-refractivity contribution in [2.24, 2.45) is 0 Å². The predicted molar refractivity (Wildman–Crippen MR) is 84.1 cm³/mol. The zero-order chi connectivity index (χ0) is 14.7. The number of hydrogen-bond donors (Lipinski definition) is 1. The van der Waals surface area contributed by atoms with Crippen LogP contribution in [0.5, 0.6) is 0 Å². The molecule has 0 unspecified atom stereocenters. The summed E-state index contributed by atoms with van der Waals surface area (Å²) in [6, 6.07) is 4.64. The minimum absolute atomic E-state index is 0.223. The van der Waals surface area contributed by atoms with Gasteiger partial charge in [0.25, 0.3) is 0 Å². The molecule has 2 aromatic rings. The second-order valence-electron chi connectivity index (χ2n) is 4.58. The molecule has 20 heavy (non-hydrogen) atoms. The molecule has 0 spiro atoms. The number of carbonyl (C=O) groups is 1. The third-order valence-corrected chi connectivity index (χ3v) is 4.05. The Morgan fingerprint density at radius 3 is 2.85 bits per heavy atom. The molecule has 4 nitrogen and oxygen atoms in total. The van der Waals surface area contributed by atoms with Gasteiger partial charge in [0, 0.05) is 12.1 Å². The van der Waals surface area contributed by atoms with Gasteiger partial charge in [-0.1, -0.05) is 6.07 Å². The number of benzene rings is 1. The number of halogens is 2. The zero-order valence-corrected chi connectivity index (χ0v) is 13.4. The summed E-state index contributed by atoms with van der Waals surface area (Å²) in [5.74, 6) is -0.645. The second-order valence-corrected chi connectivity index (χ2v) is 5.74. The number of amides is 1. The molecule has 0 radical (unpaired) electrons. The van der Waals surface area contributed by atoms with Crippen LogP contribution >= 0.6 is 22.6 Å². The fourth-order valence-electron chi connectivity index (χ4n) is 1.80. The van der Waals surface area contributed by atoms with Gasteiger partial charge in [0.15, 0.2) is 0 Å². The Labute approximate surface area is 130 Å². The van der Waals surface area contributed by atoms with Crippen molar-refractivity contribution < 1.29 is 9.18 Å². The van der Waals surface area contributed by atoms with Crippen LogP contribution in [0.4, 0.5) is 10.1 Å². The number of hydrogen-bond acceptors (Lipinski definition) is 2. The van der Waals surface area contributed by atoms with Gasteiger partial charge in [-0.25, -0.2) is 4.39 Å². The molecule has 0 fully saturated rings. The number of aromatic nitrogens is 2. The van der Waals surface area contributed by atoms with Crippen LogP contribution in [0.2, 0.25) is 0 Å². The Kier molecular flexibility index (Phi) is 4.74. The summed E-state index contributed by atoms with van der Waals surface area (Å²) in [6.07, 6.45) is 2.01. The van der Waals surface area contributed by atoms with Crippen LogP contribution < -0.4 is 5.32 Å². The lowest BCUT2D eigenvalue weighted by Crippen LogP contribution is -2.16. The molecule has 1 amide bonds. The first-order valence-electron chi connectivity index (χ1n) is 6.21. The SMILES string of the molecule is Cc1ccc(F)c(NC(=O)CCn2ncc(I)c2C)c1. The summed E-state index contributed by atoms with van der Waals surface area (Å²) in [5.41, 5.74) is 2.15. The fraction of sp³-hybridized carbons (Fsp3) is 0.286. The van der Waals surface area contributed by atoms with E-state index in [0.29, 0.717) is 6.54 Å². The van der Waals surface area contributed by atoms with Gasteiger partial charge in [0.05, 0.1) is 22.0 Å². The number of nitrogens with one attached hydrogen (secondary N) is 1. The normalized spacial score (nSPS) is 10.6. The lowest BCUT2D eigenvalue weighted by Gasteiger charge is -2.08. The molecule has 6 heteroatoms. The second kappa shape index (κ2) is 6.34. The quantitative estimate of drug-likeness (QED) is 0.819. The van der Waals surface area contributed by atoms with Crippen molar-refractivity contribution in [1.29, 1.82) is 0 Å². The lowest BCUT2D eigenvalue weighted by atomic mass is 10.2. The van der Waals surface area contributed by atoms with E-state index in [9.17, 15) is 9.18 Å². The van der Waals surface area contributed by atoms with Gasteiger partial charge >= 0.3 is 0 Å². The molecule has 1 aromatic carbocycles. The van der Waals surface area contributed by atoms with E-state index in [-0.39, 0.29) is 18.0 Å². The van der Waals surface area contributed by atoms with Crippen molar-refractivity contribution in [2.45, 2.75) is 26.8 Å². The van der Waals surface area contributed by atoms with Gasteiger partial charge in [-0.3, -0.25) is 9.48 Å². The maximum atomic E-state index is 13.5. The first-order chi connectivity index (χ1) is 9.47. The molecular formula is C14H15FIN3O. The van der Waals surface area contributed by atoms with Gasteiger partial charge in [0.1, 0.15) is 5.82 Å². The molecule has 0 bridgehead atoms. The van der Waals surface area contributed by atoms with E-state index in [1.165, 1.54) is 6.07 Å². The highest BCUT2D eigenvalue weighted by Crippen LogP contribution is 2.16. The Balaban J connectivity index is 1.96. The summed E-state index contributed by atoms with van der Waals surface area (Å²) < 4.78 is 16.4. The largest absolute Gasteiger partial charge is 0.324 e. The van der Waals surface area contributed by atoms with Crippen LogP contribution in [0, 0.1) is 23.2 Å². The highest BCUT2D eigenvalue weighted by molar-refractivity contribution is 14.1. The van der Waals surface area contributed by atoms with E-state index in [4.69, 9.17) is 0 Å². The Morgan fingerprint density at radius 1 is 1.45 bits per heavy atom. The summed E-state index contributed by atoms with van der Waals surface area (Å²) in [6.45, 7) is 4.28. The first kappa shape index (κ1) is 15.0. The van der Waals surface area contributed by atoms with Crippen LogP contribution in [-0.2, 0) is 11.3 Å². The van der Waals surface area contributed by atoms with E-state index in [1.54, 1.807) is 23.0 Å². The van der Waals surface area contributed by atoms with Gasteiger partial charge in [0.2, 0.25) is 5.91 Å². The minimum atomic E-state index is -0.422. The Bertz CT molecular complexity index is 639. The number of aryl methyl sites for hydroxylation is 2. The maximum Gasteiger partial charge on any atom is 0.226 e. The van der Waals surface area contributed by atoms with Crippen molar-refractivity contribution in [2.75, 3.05) is 5.32 Å². The number of rotatable bonds is 4. The van der Waals surface area contributed by atoms with Gasteiger partial charge in [-0.05, 0) is 54.1 Å². The number of nitrogens with zero attached hydrogens (tertiary/aromatic N) is 2. The minimum Gasteiger partial charge on any atom is -0.324 e. The topological polar surface area (TPSA) is 46.9 Å². The molecule has 1 N–H and O–H groups in total. The molecule has 106 valence electrons. The molecule has 0 aliphatic rings. The van der Waals surface area contributed by atoms with Gasteiger partial charge in [-0.2, -0.15) is 5.10 Å². The number of anilines is 1. The maximum absolute atomic E-state index is 13.5. The molecular weight excluding hydrogens is 372 g/mol. The van der Waals surface area contributed by atoms with E-state index < -0.39 is 5.82 Å². The highest BCUT2D eigenvalue weighted by atomic mass is 127. The third kappa shape index (κ3) is 3.56. The Morgan fingerprint density at radius 2 is 2.20 bits per heavy atom. The van der Waals surface area contributed by atoms with Crippen molar-refractivity contribution >= 4 is 34.2 Å². The molecule has 0 aliphatic heterocycles. The first-order valence-corrected chi connectivity index (χ1v) is 7.29. The molecule has 0 atom stereocenters. The van der Waals surface area contributed by atoms with Crippen LogP contribution in [0.25, 0.3) is 0 Å². The lowest BCUT2D eigenvalue weighted by molar-refractivity contribution is -0.116.